The molecule has 1 saturated carbocycles. The molecule has 1 saturated heterocycles. The summed E-state index contributed by atoms with van der Waals surface area (Å²) in [7, 11) is -2.67. The zero-order chi connectivity index (χ0) is 28.3. The standard InChI is InChI=1S/C26H34N6O6S.ClH/c1-30(20-7-4-12-31(15-20)26(27)28)23(33)14-22(25(36)32(16-24(34)35)19-9-10-19)29-39(37,38)21-11-8-17-5-2-3-6-18(17)13-21;/h2-3,5-6,8,11,13,19-20,22,29H,4,7,9-10,12,14-16H2,1H3,(H3,27,28)(H,34,35);1H/t20-,22-;/m1./s1. The Hall–Kier alpha value is -3.42. The molecular formula is C26H35ClN6O6S. The van der Waals surface area contributed by atoms with Crippen molar-refractivity contribution in [3.63, 3.8) is 0 Å². The van der Waals surface area contributed by atoms with Gasteiger partial charge in [0.15, 0.2) is 5.96 Å². The molecule has 1 aliphatic carbocycles. The first-order chi connectivity index (χ1) is 18.5. The molecule has 4 rings (SSSR count). The van der Waals surface area contributed by atoms with Crippen LogP contribution < -0.4 is 10.5 Å². The second kappa shape index (κ2) is 12.8. The molecule has 2 atom stereocenters. The molecule has 14 heteroatoms. The minimum absolute atomic E-state index is 0. The van der Waals surface area contributed by atoms with Crippen LogP contribution >= 0.6 is 12.4 Å². The fraction of sp³-hybridized carbons (Fsp3) is 0.462. The molecule has 0 radical (unpaired) electrons. The molecule has 218 valence electrons. The Balaban J connectivity index is 0.00000441. The number of likely N-dealkylation sites (tertiary alicyclic amines) is 1. The van der Waals surface area contributed by atoms with Gasteiger partial charge >= 0.3 is 5.97 Å². The van der Waals surface area contributed by atoms with Gasteiger partial charge in [0.05, 0.1) is 11.3 Å². The Labute approximate surface area is 239 Å². The molecule has 5 N–H and O–H groups in total. The van der Waals surface area contributed by atoms with Crippen molar-refractivity contribution in [2.45, 2.75) is 55.1 Å². The quantitative estimate of drug-likeness (QED) is 0.234. The zero-order valence-electron chi connectivity index (χ0n) is 22.2. The van der Waals surface area contributed by atoms with Crippen LogP contribution in [0.1, 0.15) is 32.1 Å². The van der Waals surface area contributed by atoms with Gasteiger partial charge in [-0.1, -0.05) is 30.3 Å². The average molecular weight is 595 g/mol. The maximum Gasteiger partial charge on any atom is 0.323 e. The Morgan fingerprint density at radius 1 is 1.12 bits per heavy atom. The van der Waals surface area contributed by atoms with E-state index in [-0.39, 0.29) is 35.3 Å². The van der Waals surface area contributed by atoms with Crippen LogP contribution in [0.2, 0.25) is 0 Å². The smallest absolute Gasteiger partial charge is 0.323 e. The van der Waals surface area contributed by atoms with E-state index in [1.54, 1.807) is 30.1 Å². The van der Waals surface area contributed by atoms with E-state index in [2.05, 4.69) is 4.72 Å². The second-order valence-electron chi connectivity index (χ2n) is 10.1. The number of likely N-dealkylation sites (N-methyl/N-ethyl adjacent to an activating group) is 1. The number of nitrogens with zero attached hydrogens (tertiary/aromatic N) is 3. The highest BCUT2D eigenvalue weighted by molar-refractivity contribution is 7.89. The van der Waals surface area contributed by atoms with E-state index in [9.17, 15) is 27.9 Å². The Bertz CT molecular complexity index is 1380. The minimum Gasteiger partial charge on any atom is -0.480 e. The van der Waals surface area contributed by atoms with Crippen molar-refractivity contribution >= 4 is 56.9 Å². The van der Waals surface area contributed by atoms with Crippen molar-refractivity contribution in [1.29, 1.82) is 5.41 Å². The van der Waals surface area contributed by atoms with Gasteiger partial charge in [-0.2, -0.15) is 4.72 Å². The summed E-state index contributed by atoms with van der Waals surface area (Å²) < 4.78 is 29.3. The van der Waals surface area contributed by atoms with Gasteiger partial charge in [-0.3, -0.25) is 19.8 Å². The molecule has 2 amide bonds. The Kier molecular flexibility index (Phi) is 9.98. The predicted molar refractivity (Wildman–Crippen MR) is 152 cm³/mol. The van der Waals surface area contributed by atoms with Gasteiger partial charge in [-0.05, 0) is 48.6 Å². The van der Waals surface area contributed by atoms with E-state index in [0.717, 1.165) is 10.3 Å². The molecule has 0 bridgehead atoms. The highest BCUT2D eigenvalue weighted by Gasteiger charge is 2.40. The van der Waals surface area contributed by atoms with Gasteiger partial charge < -0.3 is 25.5 Å². The van der Waals surface area contributed by atoms with Crippen molar-refractivity contribution < 1.29 is 27.9 Å². The highest BCUT2D eigenvalue weighted by Crippen LogP contribution is 2.28. The molecule has 2 aliphatic rings. The predicted octanol–water partition coefficient (Wildman–Crippen LogP) is 1.19. The number of carbonyl (C=O) groups excluding carboxylic acids is 2. The van der Waals surface area contributed by atoms with Gasteiger partial charge in [0.2, 0.25) is 21.8 Å². The number of carboxylic acids is 1. The lowest BCUT2D eigenvalue weighted by Crippen LogP contribution is -2.55. The first kappa shape index (κ1) is 31.1. The van der Waals surface area contributed by atoms with Crippen molar-refractivity contribution in [1.82, 2.24) is 19.4 Å². The number of carboxylic acid groups (broad SMARTS) is 1. The number of guanidine groups is 1. The number of aliphatic carboxylic acids is 1. The zero-order valence-corrected chi connectivity index (χ0v) is 23.8. The molecule has 2 aromatic carbocycles. The van der Waals surface area contributed by atoms with Crippen LogP contribution in [0.4, 0.5) is 0 Å². The van der Waals surface area contributed by atoms with E-state index >= 15 is 0 Å². The van der Waals surface area contributed by atoms with Crippen molar-refractivity contribution in [3.8, 4) is 0 Å². The Morgan fingerprint density at radius 2 is 1.80 bits per heavy atom. The molecule has 2 fully saturated rings. The summed E-state index contributed by atoms with van der Waals surface area (Å²) in [5.41, 5.74) is 5.62. The number of piperidine rings is 1. The third-order valence-electron chi connectivity index (χ3n) is 7.26. The summed E-state index contributed by atoms with van der Waals surface area (Å²) in [5, 5.41) is 18.6. The fourth-order valence-electron chi connectivity index (χ4n) is 4.90. The summed E-state index contributed by atoms with van der Waals surface area (Å²) >= 11 is 0. The molecule has 1 aliphatic heterocycles. The van der Waals surface area contributed by atoms with Gasteiger partial charge in [0, 0.05) is 32.2 Å². The van der Waals surface area contributed by atoms with Crippen LogP contribution in [0.5, 0.6) is 0 Å². The third-order valence-corrected chi connectivity index (χ3v) is 8.73. The largest absolute Gasteiger partial charge is 0.480 e. The van der Waals surface area contributed by atoms with Crippen LogP contribution in [0.3, 0.4) is 0 Å². The number of benzene rings is 2. The number of nitrogens with two attached hydrogens (primary N) is 1. The number of halogens is 1. The molecule has 1 heterocycles. The van der Waals surface area contributed by atoms with E-state index in [4.69, 9.17) is 11.1 Å². The molecule has 12 nitrogen and oxygen atoms in total. The number of amides is 2. The maximum absolute atomic E-state index is 13.6. The number of rotatable bonds is 10. The van der Waals surface area contributed by atoms with Crippen LogP contribution in [0.15, 0.2) is 47.4 Å². The summed E-state index contributed by atoms with van der Waals surface area (Å²) in [6.45, 7) is 0.371. The van der Waals surface area contributed by atoms with Crippen LogP contribution in [0, 0.1) is 5.41 Å². The summed E-state index contributed by atoms with van der Waals surface area (Å²) in [6, 6.07) is 9.72. The lowest BCUT2D eigenvalue weighted by atomic mass is 10.0. The van der Waals surface area contributed by atoms with E-state index in [1.165, 1.54) is 17.0 Å². The summed E-state index contributed by atoms with van der Waals surface area (Å²) in [6.07, 6.45) is 2.12. The first-order valence-electron chi connectivity index (χ1n) is 12.8. The molecule has 0 unspecified atom stereocenters. The number of hydrogen-bond donors (Lipinski definition) is 4. The number of carbonyl (C=O) groups is 3. The van der Waals surface area contributed by atoms with E-state index in [1.807, 2.05) is 12.1 Å². The summed E-state index contributed by atoms with van der Waals surface area (Å²) in [4.78, 5) is 42.6. The average Bonchev–Trinajstić information content (AvgIpc) is 3.75. The lowest BCUT2D eigenvalue weighted by Gasteiger charge is -2.38. The normalized spacial score (nSPS) is 17.9. The molecule has 40 heavy (non-hydrogen) atoms. The van der Waals surface area contributed by atoms with Gasteiger partial charge in [-0.15, -0.1) is 12.4 Å². The number of hydrogen-bond acceptors (Lipinski definition) is 6. The second-order valence-corrected chi connectivity index (χ2v) is 11.8. The third kappa shape index (κ3) is 7.40. The van der Waals surface area contributed by atoms with Crippen LogP contribution in [-0.2, 0) is 24.4 Å². The van der Waals surface area contributed by atoms with Crippen molar-refractivity contribution in [2.24, 2.45) is 5.73 Å². The van der Waals surface area contributed by atoms with Crippen LogP contribution in [-0.4, -0.2) is 96.8 Å². The number of fused-ring (bicyclic) bond motifs is 1. The first-order valence-corrected chi connectivity index (χ1v) is 14.3. The number of sulfonamides is 1. The molecule has 0 aromatic heterocycles. The maximum atomic E-state index is 13.6. The van der Waals surface area contributed by atoms with E-state index in [0.29, 0.717) is 44.2 Å². The van der Waals surface area contributed by atoms with Crippen LogP contribution in [0.25, 0.3) is 10.8 Å². The SMILES string of the molecule is CN(C(=O)C[C@@H](NS(=O)(=O)c1ccc2ccccc2c1)C(=O)N(CC(=O)O)C1CC1)[C@@H]1CCCN(C(=N)N)C1.Cl. The van der Waals surface area contributed by atoms with Gasteiger partial charge in [0.25, 0.3) is 0 Å². The molecule has 0 spiro atoms. The van der Waals surface area contributed by atoms with Gasteiger partial charge in [-0.25, -0.2) is 8.42 Å². The molecule has 2 aromatic rings. The minimum atomic E-state index is -4.25. The highest BCUT2D eigenvalue weighted by atomic mass is 35.5. The fourth-order valence-corrected chi connectivity index (χ4v) is 6.12. The Morgan fingerprint density at radius 3 is 2.42 bits per heavy atom. The summed E-state index contributed by atoms with van der Waals surface area (Å²) in [5.74, 6) is -2.54. The monoisotopic (exact) mass is 594 g/mol. The van der Waals surface area contributed by atoms with E-state index < -0.39 is 46.8 Å². The topological polar surface area (TPSA) is 177 Å². The van der Waals surface area contributed by atoms with Crippen molar-refractivity contribution in [2.75, 3.05) is 26.7 Å². The molecular weight excluding hydrogens is 560 g/mol. The van der Waals surface area contributed by atoms with Gasteiger partial charge in [0.1, 0.15) is 12.6 Å². The lowest BCUT2D eigenvalue weighted by molar-refractivity contribution is -0.146. The van der Waals surface area contributed by atoms with Crippen molar-refractivity contribution in [3.05, 3.63) is 42.5 Å². The number of nitrogens with one attached hydrogen (secondary N) is 2.